The van der Waals surface area contributed by atoms with E-state index < -0.39 is 23.9 Å². The highest BCUT2D eigenvalue weighted by Crippen LogP contribution is 2.18. The fourth-order valence-corrected chi connectivity index (χ4v) is 2.21. The van der Waals surface area contributed by atoms with Crippen LogP contribution in [0.5, 0.6) is 0 Å². The van der Waals surface area contributed by atoms with Gasteiger partial charge < -0.3 is 5.11 Å². The van der Waals surface area contributed by atoms with Crippen molar-refractivity contribution in [3.63, 3.8) is 0 Å². The molecule has 0 aromatic carbocycles. The number of fused-ring (bicyclic) bond motifs is 1. The van der Waals surface area contributed by atoms with Gasteiger partial charge in [-0.05, 0) is 6.92 Å². The van der Waals surface area contributed by atoms with Crippen LogP contribution < -0.4 is 5.32 Å². The third-order valence-electron chi connectivity index (χ3n) is 3.17. The summed E-state index contributed by atoms with van der Waals surface area (Å²) in [5, 5.41) is 11.9. The van der Waals surface area contributed by atoms with Crippen LogP contribution >= 0.6 is 0 Å². The molecule has 2 aliphatic heterocycles. The number of carbonyl (C=O) groups is 3. The van der Waals surface area contributed by atoms with Crippen LogP contribution in [0.15, 0.2) is 4.99 Å². The Balaban J connectivity index is 2.46. The van der Waals surface area contributed by atoms with Gasteiger partial charge in [0.1, 0.15) is 0 Å². The molecule has 20 heavy (non-hydrogen) atoms. The van der Waals surface area contributed by atoms with E-state index in [2.05, 4.69) is 10.3 Å². The molecule has 0 spiro atoms. The number of hydrogen-bond donors (Lipinski definition) is 2. The van der Waals surface area contributed by atoms with Crippen molar-refractivity contribution in [1.82, 2.24) is 15.1 Å². The molecular weight excluding hydrogens is 266 g/mol. The first-order valence-corrected chi connectivity index (χ1v) is 6.11. The Hall–Kier alpha value is -2.45. The number of carboxylic acids is 1. The zero-order chi connectivity index (χ0) is 15.0. The van der Waals surface area contributed by atoms with Crippen molar-refractivity contribution in [3.8, 4) is 0 Å². The number of likely N-dealkylation sites (N-methyl/N-ethyl adjacent to an activating group) is 2. The predicted molar refractivity (Wildman–Crippen MR) is 68.6 cm³/mol. The molecule has 3 amide bonds. The Morgan fingerprint density at radius 2 is 2.05 bits per heavy atom. The Kier molecular flexibility index (Phi) is 3.43. The maximum atomic E-state index is 12.2. The molecule has 9 heteroatoms. The van der Waals surface area contributed by atoms with E-state index in [-0.39, 0.29) is 12.4 Å². The molecule has 1 unspecified atom stereocenters. The Labute approximate surface area is 115 Å². The first kappa shape index (κ1) is 14.0. The van der Waals surface area contributed by atoms with Gasteiger partial charge in [0.15, 0.2) is 6.54 Å². The van der Waals surface area contributed by atoms with Crippen LogP contribution in [-0.2, 0) is 9.59 Å². The maximum Gasteiger partial charge on any atom is 0.390 e. The normalized spacial score (nSPS) is 22.1. The lowest BCUT2D eigenvalue weighted by Crippen LogP contribution is -2.62. The van der Waals surface area contributed by atoms with Gasteiger partial charge in [0.05, 0.1) is 6.54 Å². The number of imide groups is 1. The van der Waals surface area contributed by atoms with Crippen molar-refractivity contribution in [2.75, 3.05) is 27.2 Å². The van der Waals surface area contributed by atoms with Crippen molar-refractivity contribution in [2.45, 2.75) is 13.0 Å². The fraction of sp³-hybridized carbons (Fsp3) is 0.545. The van der Waals surface area contributed by atoms with E-state index in [1.165, 1.54) is 23.6 Å². The lowest BCUT2D eigenvalue weighted by atomic mass is 10.1. The summed E-state index contributed by atoms with van der Waals surface area (Å²) in [6, 6.07) is -1.37. The molecule has 2 rings (SSSR count). The van der Waals surface area contributed by atoms with E-state index in [1.54, 1.807) is 0 Å². The van der Waals surface area contributed by atoms with Gasteiger partial charge >= 0.3 is 18.0 Å². The van der Waals surface area contributed by atoms with Crippen molar-refractivity contribution in [3.05, 3.63) is 0 Å². The summed E-state index contributed by atoms with van der Waals surface area (Å²) >= 11 is 0. The van der Waals surface area contributed by atoms with E-state index >= 15 is 0 Å². The van der Waals surface area contributed by atoms with Crippen LogP contribution in [0.4, 0.5) is 4.79 Å². The maximum absolute atomic E-state index is 12.2. The molecular formula is C11H16N5O4+. The molecule has 0 aromatic heterocycles. The van der Waals surface area contributed by atoms with E-state index in [0.717, 1.165) is 4.90 Å². The fourth-order valence-electron chi connectivity index (χ4n) is 2.21. The summed E-state index contributed by atoms with van der Waals surface area (Å²) in [5.41, 5.74) is 0. The highest BCUT2D eigenvalue weighted by Gasteiger charge is 2.51. The van der Waals surface area contributed by atoms with Crippen LogP contribution in [0.3, 0.4) is 0 Å². The monoisotopic (exact) mass is 282 g/mol. The van der Waals surface area contributed by atoms with Gasteiger partial charge in [0.2, 0.25) is 11.9 Å². The van der Waals surface area contributed by atoms with Gasteiger partial charge in [0, 0.05) is 14.1 Å². The Bertz CT molecular complexity index is 553. The second-order valence-corrected chi connectivity index (χ2v) is 4.49. The average molecular weight is 282 g/mol. The van der Waals surface area contributed by atoms with Crippen molar-refractivity contribution >= 4 is 29.7 Å². The van der Waals surface area contributed by atoms with Crippen LogP contribution in [-0.4, -0.2) is 82.4 Å². The summed E-state index contributed by atoms with van der Waals surface area (Å²) < 4.78 is 1.35. The first-order valence-electron chi connectivity index (χ1n) is 6.11. The van der Waals surface area contributed by atoms with Gasteiger partial charge in [0.25, 0.3) is 5.91 Å². The summed E-state index contributed by atoms with van der Waals surface area (Å²) in [4.78, 5) is 41.5. The zero-order valence-corrected chi connectivity index (χ0v) is 11.5. The molecule has 2 aliphatic rings. The minimum atomic E-state index is -1.08. The third kappa shape index (κ3) is 2.00. The van der Waals surface area contributed by atoms with Crippen molar-refractivity contribution in [1.29, 1.82) is 0 Å². The molecule has 9 nitrogen and oxygen atoms in total. The molecule has 0 bridgehead atoms. The Morgan fingerprint density at radius 1 is 1.40 bits per heavy atom. The van der Waals surface area contributed by atoms with Gasteiger partial charge in [-0.2, -0.15) is 0 Å². The molecule has 1 atom stereocenters. The molecule has 0 aromatic rings. The molecule has 0 saturated carbocycles. The summed E-state index contributed by atoms with van der Waals surface area (Å²) in [6.07, 6.45) is 0. The van der Waals surface area contributed by atoms with Gasteiger partial charge in [-0.1, -0.05) is 4.99 Å². The van der Waals surface area contributed by atoms with Gasteiger partial charge in [-0.15, -0.1) is 0 Å². The number of hydrogen-bond acceptors (Lipinski definition) is 5. The number of amidine groups is 1. The van der Waals surface area contributed by atoms with E-state index in [4.69, 9.17) is 5.11 Å². The quantitative estimate of drug-likeness (QED) is 0.604. The van der Waals surface area contributed by atoms with Crippen LogP contribution in [0.1, 0.15) is 6.92 Å². The predicted octanol–water partition coefficient (Wildman–Crippen LogP) is -1.65. The highest BCUT2D eigenvalue weighted by molar-refractivity contribution is 6.22. The number of carbonyl (C=O) groups excluding carboxylic acids is 2. The summed E-state index contributed by atoms with van der Waals surface area (Å²) in [5.74, 6) is -1.03. The number of carboxylic acid groups (broad SMARTS) is 1. The van der Waals surface area contributed by atoms with Gasteiger partial charge in [-0.25, -0.2) is 14.2 Å². The average Bonchev–Trinajstić information content (AvgIpc) is 2.73. The smallest absolute Gasteiger partial charge is 0.390 e. The molecule has 1 saturated heterocycles. The highest BCUT2D eigenvalue weighted by atomic mass is 16.4. The second kappa shape index (κ2) is 4.91. The number of aliphatic imine (C=N–C) groups is 1. The number of amides is 3. The number of nitrogens with one attached hydrogen (secondary N) is 1. The van der Waals surface area contributed by atoms with Crippen molar-refractivity contribution in [2.24, 2.45) is 4.99 Å². The molecule has 108 valence electrons. The number of rotatable bonds is 3. The summed E-state index contributed by atoms with van der Waals surface area (Å²) in [6.45, 7) is 1.98. The van der Waals surface area contributed by atoms with Crippen LogP contribution in [0, 0.1) is 0 Å². The second-order valence-electron chi connectivity index (χ2n) is 4.49. The molecule has 1 fully saturated rings. The lowest BCUT2D eigenvalue weighted by molar-refractivity contribution is -0.527. The zero-order valence-electron chi connectivity index (χ0n) is 11.5. The van der Waals surface area contributed by atoms with Crippen LogP contribution in [0.2, 0.25) is 0 Å². The van der Waals surface area contributed by atoms with E-state index in [0.29, 0.717) is 12.5 Å². The molecule has 0 radical (unpaired) electrons. The topological polar surface area (TPSA) is 105 Å². The minimum Gasteiger partial charge on any atom is -0.479 e. The number of guanidine groups is 1. The molecule has 0 aliphatic carbocycles. The third-order valence-corrected chi connectivity index (χ3v) is 3.17. The van der Waals surface area contributed by atoms with Crippen LogP contribution in [0.25, 0.3) is 0 Å². The van der Waals surface area contributed by atoms with Gasteiger partial charge in [-0.3, -0.25) is 19.9 Å². The summed E-state index contributed by atoms with van der Waals surface area (Å²) in [7, 11) is 2.87. The molecule has 2 N–H and O–H groups in total. The largest absolute Gasteiger partial charge is 0.479 e. The number of urea groups is 1. The molecule has 2 heterocycles. The standard InChI is InChI=1S/C11H15N5O4/c1-4-12-10-13-8-7(16(10)5-6(17)18)9(19)15(3)11(20)14(8)2/h7H,4-5H2,1-3H3,(H,17,18)/p+1. The number of nitrogens with zero attached hydrogens (tertiary/aromatic N) is 4. The minimum absolute atomic E-state index is 0.246. The lowest BCUT2D eigenvalue weighted by Gasteiger charge is -2.31. The SMILES string of the molecule is CCNC1=[N+](CC(=O)O)C2C(=O)N(C)C(=O)N(C)C2=N1. The van der Waals surface area contributed by atoms with Crippen molar-refractivity contribution < 1.29 is 24.1 Å². The number of aliphatic carboxylic acids is 1. The van der Waals surface area contributed by atoms with E-state index in [1.807, 2.05) is 6.92 Å². The van der Waals surface area contributed by atoms with E-state index in [9.17, 15) is 14.4 Å². The first-order chi connectivity index (χ1) is 9.38. The Morgan fingerprint density at radius 3 is 2.60 bits per heavy atom.